The van der Waals surface area contributed by atoms with Crippen molar-refractivity contribution >= 4 is 17.0 Å². The number of nitrogens with zero attached hydrogens (tertiary/aromatic N) is 1. The molecule has 0 amide bonds. The van der Waals surface area contributed by atoms with Crippen LogP contribution in [0.1, 0.15) is 15.3 Å². The van der Waals surface area contributed by atoms with Crippen molar-refractivity contribution in [3.63, 3.8) is 0 Å². The highest BCUT2D eigenvalue weighted by molar-refractivity contribution is 7.14. The minimum atomic E-state index is 0.855. The van der Waals surface area contributed by atoms with Crippen LogP contribution in [0.5, 0.6) is 0 Å². The molecule has 1 heterocycles. The maximum Gasteiger partial charge on any atom is 0.107 e. The van der Waals surface area contributed by atoms with E-state index in [1.54, 1.807) is 11.3 Å². The number of rotatable bonds is 2. The summed E-state index contributed by atoms with van der Waals surface area (Å²) in [6.45, 7) is 2.08. The van der Waals surface area contributed by atoms with Crippen LogP contribution in [0.25, 0.3) is 0 Å². The Bertz CT molecular complexity index is 471. The van der Waals surface area contributed by atoms with E-state index in [-0.39, 0.29) is 0 Å². The fourth-order valence-electron chi connectivity index (χ4n) is 1.44. The topological polar surface area (TPSA) is 38.4 Å². The maximum absolute atomic E-state index is 5.44. The fourth-order valence-corrected chi connectivity index (χ4v) is 2.32. The molecule has 0 fully saturated rings. The normalized spacial score (nSPS) is 11.7. The molecule has 0 aliphatic rings. The first kappa shape index (κ1) is 9.93. The van der Waals surface area contributed by atoms with E-state index in [1.165, 1.54) is 4.88 Å². The standard InChI is InChI=1S/C12H12N2S/c1-9-7-8-11(15-9)12(14-13)10-5-3-2-4-6-10/h2-8H,13H2,1H3/b14-12+. The summed E-state index contributed by atoms with van der Waals surface area (Å²) in [6.07, 6.45) is 0. The van der Waals surface area contributed by atoms with Gasteiger partial charge in [0, 0.05) is 10.4 Å². The van der Waals surface area contributed by atoms with Crippen LogP contribution in [0.3, 0.4) is 0 Å². The summed E-state index contributed by atoms with van der Waals surface area (Å²) < 4.78 is 0. The number of hydrogen-bond donors (Lipinski definition) is 1. The van der Waals surface area contributed by atoms with Crippen LogP contribution in [-0.4, -0.2) is 5.71 Å². The zero-order valence-electron chi connectivity index (χ0n) is 8.47. The van der Waals surface area contributed by atoms with E-state index >= 15 is 0 Å². The molecular weight excluding hydrogens is 204 g/mol. The highest BCUT2D eigenvalue weighted by Gasteiger charge is 2.07. The van der Waals surface area contributed by atoms with Crippen molar-refractivity contribution in [1.82, 2.24) is 0 Å². The highest BCUT2D eigenvalue weighted by atomic mass is 32.1. The van der Waals surface area contributed by atoms with Gasteiger partial charge in [0.05, 0.1) is 4.88 Å². The lowest BCUT2D eigenvalue weighted by molar-refractivity contribution is 1.25. The van der Waals surface area contributed by atoms with E-state index in [2.05, 4.69) is 24.2 Å². The molecule has 0 unspecified atom stereocenters. The molecule has 0 atom stereocenters. The van der Waals surface area contributed by atoms with Crippen LogP contribution < -0.4 is 5.84 Å². The van der Waals surface area contributed by atoms with Gasteiger partial charge >= 0.3 is 0 Å². The monoisotopic (exact) mass is 216 g/mol. The third-order valence-corrected chi connectivity index (χ3v) is 3.16. The Labute approximate surface area is 93.1 Å². The largest absolute Gasteiger partial charge is 0.323 e. The Hall–Kier alpha value is -1.61. The third-order valence-electron chi connectivity index (χ3n) is 2.15. The summed E-state index contributed by atoms with van der Waals surface area (Å²) in [5, 5.41) is 3.87. The maximum atomic E-state index is 5.44. The lowest BCUT2D eigenvalue weighted by Crippen LogP contribution is -2.03. The van der Waals surface area contributed by atoms with E-state index in [9.17, 15) is 0 Å². The van der Waals surface area contributed by atoms with E-state index < -0.39 is 0 Å². The molecule has 1 aromatic carbocycles. The van der Waals surface area contributed by atoms with Crippen LogP contribution in [0, 0.1) is 6.92 Å². The number of nitrogens with two attached hydrogens (primary N) is 1. The van der Waals surface area contributed by atoms with E-state index in [4.69, 9.17) is 5.84 Å². The first-order valence-electron chi connectivity index (χ1n) is 4.71. The Kier molecular flexibility index (Phi) is 2.83. The zero-order chi connectivity index (χ0) is 10.7. The lowest BCUT2D eigenvalue weighted by atomic mass is 10.1. The summed E-state index contributed by atoms with van der Waals surface area (Å²) in [6, 6.07) is 14.1. The van der Waals surface area contributed by atoms with Crippen LogP contribution in [0.4, 0.5) is 0 Å². The minimum absolute atomic E-state index is 0.855. The number of thiophene rings is 1. The van der Waals surface area contributed by atoms with Gasteiger partial charge in [-0.3, -0.25) is 0 Å². The molecule has 0 radical (unpaired) electrons. The highest BCUT2D eigenvalue weighted by Crippen LogP contribution is 2.19. The molecule has 0 aliphatic heterocycles. The van der Waals surface area contributed by atoms with Gasteiger partial charge in [-0.25, -0.2) is 0 Å². The molecule has 2 nitrogen and oxygen atoms in total. The lowest BCUT2D eigenvalue weighted by Gasteiger charge is -2.01. The summed E-state index contributed by atoms with van der Waals surface area (Å²) in [4.78, 5) is 2.38. The molecule has 1 aromatic heterocycles. The number of hydrazone groups is 1. The Balaban J connectivity index is 2.43. The van der Waals surface area contributed by atoms with Crippen molar-refractivity contribution in [1.29, 1.82) is 0 Å². The molecule has 2 rings (SSSR count). The second-order valence-electron chi connectivity index (χ2n) is 3.25. The van der Waals surface area contributed by atoms with Crippen molar-refractivity contribution in [3.05, 3.63) is 57.8 Å². The number of hydrogen-bond acceptors (Lipinski definition) is 3. The zero-order valence-corrected chi connectivity index (χ0v) is 9.29. The Morgan fingerprint density at radius 2 is 1.87 bits per heavy atom. The second-order valence-corrected chi connectivity index (χ2v) is 4.54. The summed E-state index contributed by atoms with van der Waals surface area (Å²) >= 11 is 1.70. The van der Waals surface area contributed by atoms with E-state index in [0.29, 0.717) is 0 Å². The Morgan fingerprint density at radius 3 is 2.40 bits per heavy atom. The molecule has 0 saturated heterocycles. The molecule has 76 valence electrons. The average molecular weight is 216 g/mol. The number of aryl methyl sites for hydroxylation is 1. The third kappa shape index (κ3) is 2.07. The Morgan fingerprint density at radius 1 is 1.13 bits per heavy atom. The van der Waals surface area contributed by atoms with Crippen molar-refractivity contribution in [2.75, 3.05) is 0 Å². The average Bonchev–Trinajstić information content (AvgIpc) is 2.68. The van der Waals surface area contributed by atoms with Crippen molar-refractivity contribution in [3.8, 4) is 0 Å². The molecule has 0 aliphatic carbocycles. The van der Waals surface area contributed by atoms with Crippen molar-refractivity contribution < 1.29 is 0 Å². The molecule has 3 heteroatoms. The van der Waals surface area contributed by atoms with Crippen LogP contribution >= 0.6 is 11.3 Å². The summed E-state index contributed by atoms with van der Waals surface area (Å²) in [5.41, 5.74) is 1.91. The second kappa shape index (κ2) is 4.28. The predicted molar refractivity (Wildman–Crippen MR) is 65.3 cm³/mol. The molecule has 2 aromatic rings. The smallest absolute Gasteiger partial charge is 0.107 e. The molecule has 15 heavy (non-hydrogen) atoms. The van der Waals surface area contributed by atoms with Gasteiger partial charge in [0.15, 0.2) is 0 Å². The van der Waals surface area contributed by atoms with Crippen LogP contribution in [0.15, 0.2) is 47.6 Å². The first-order valence-corrected chi connectivity index (χ1v) is 5.53. The van der Waals surface area contributed by atoms with Crippen LogP contribution in [-0.2, 0) is 0 Å². The van der Waals surface area contributed by atoms with Gasteiger partial charge in [-0.05, 0) is 19.1 Å². The van der Waals surface area contributed by atoms with E-state index in [0.717, 1.165) is 16.2 Å². The van der Waals surface area contributed by atoms with Gasteiger partial charge in [-0.2, -0.15) is 5.10 Å². The molecule has 0 bridgehead atoms. The van der Waals surface area contributed by atoms with Gasteiger partial charge in [0.2, 0.25) is 0 Å². The van der Waals surface area contributed by atoms with Crippen molar-refractivity contribution in [2.24, 2.45) is 10.9 Å². The van der Waals surface area contributed by atoms with Gasteiger partial charge in [-0.15, -0.1) is 11.3 Å². The van der Waals surface area contributed by atoms with Gasteiger partial charge in [-0.1, -0.05) is 30.3 Å². The molecular formula is C12H12N2S. The van der Waals surface area contributed by atoms with Gasteiger partial charge in [0.1, 0.15) is 5.71 Å². The van der Waals surface area contributed by atoms with Crippen LogP contribution in [0.2, 0.25) is 0 Å². The summed E-state index contributed by atoms with van der Waals surface area (Å²) in [5.74, 6) is 5.44. The molecule has 2 N–H and O–H groups in total. The first-order chi connectivity index (χ1) is 7.31. The number of benzene rings is 1. The van der Waals surface area contributed by atoms with E-state index in [1.807, 2.05) is 30.3 Å². The minimum Gasteiger partial charge on any atom is -0.323 e. The van der Waals surface area contributed by atoms with Gasteiger partial charge in [0.25, 0.3) is 0 Å². The fraction of sp³-hybridized carbons (Fsp3) is 0.0833. The molecule has 0 saturated carbocycles. The van der Waals surface area contributed by atoms with Gasteiger partial charge < -0.3 is 5.84 Å². The summed E-state index contributed by atoms with van der Waals surface area (Å²) in [7, 11) is 0. The quantitative estimate of drug-likeness (QED) is 0.468. The SMILES string of the molecule is Cc1ccc(/C(=N/N)c2ccccc2)s1. The van der Waals surface area contributed by atoms with Crippen molar-refractivity contribution in [2.45, 2.75) is 6.92 Å². The predicted octanol–water partition coefficient (Wildman–Crippen LogP) is 2.77. The molecule has 0 spiro atoms.